The fourth-order valence-electron chi connectivity index (χ4n) is 4.35. The monoisotopic (exact) mass is 449 g/mol. The van der Waals surface area contributed by atoms with E-state index in [1.807, 2.05) is 36.4 Å². The summed E-state index contributed by atoms with van der Waals surface area (Å²) in [7, 11) is 0. The minimum absolute atomic E-state index is 0.185. The summed E-state index contributed by atoms with van der Waals surface area (Å²) in [5.41, 5.74) is 4.18. The highest BCUT2D eigenvalue weighted by Crippen LogP contribution is 2.37. The van der Waals surface area contributed by atoms with Crippen LogP contribution in [0, 0.1) is 5.92 Å². The van der Waals surface area contributed by atoms with Gasteiger partial charge < -0.3 is 10.1 Å². The van der Waals surface area contributed by atoms with E-state index in [1.54, 1.807) is 0 Å². The summed E-state index contributed by atoms with van der Waals surface area (Å²) >= 11 is 6.03. The normalized spacial score (nSPS) is 18.2. The third-order valence-electron chi connectivity index (χ3n) is 6.12. The molecule has 1 fully saturated rings. The Kier molecular flexibility index (Phi) is 7.38. The van der Waals surface area contributed by atoms with Gasteiger partial charge in [-0.2, -0.15) is 0 Å². The number of rotatable bonds is 7. The van der Waals surface area contributed by atoms with Gasteiger partial charge in [0.2, 0.25) is 0 Å². The third kappa shape index (κ3) is 6.07. The molecule has 1 aliphatic rings. The fourth-order valence-corrected chi connectivity index (χ4v) is 4.54. The number of carbonyl (C=O) groups is 1. The van der Waals surface area contributed by atoms with Crippen LogP contribution in [-0.2, 0) is 9.53 Å². The predicted molar refractivity (Wildman–Crippen MR) is 128 cm³/mol. The van der Waals surface area contributed by atoms with Crippen LogP contribution in [0.3, 0.4) is 0 Å². The molecule has 2 aromatic carbocycles. The molecule has 166 valence electrons. The van der Waals surface area contributed by atoms with Crippen molar-refractivity contribution >= 4 is 29.1 Å². The van der Waals surface area contributed by atoms with Crippen molar-refractivity contribution in [2.75, 3.05) is 11.9 Å². The highest BCUT2D eigenvalue weighted by atomic mass is 35.5. The largest absolute Gasteiger partial charge is 0.466 e. The van der Waals surface area contributed by atoms with Crippen molar-refractivity contribution in [1.29, 1.82) is 0 Å². The maximum Gasteiger partial charge on any atom is 0.302 e. The van der Waals surface area contributed by atoms with Crippen LogP contribution in [0.25, 0.3) is 11.3 Å². The Morgan fingerprint density at radius 3 is 2.47 bits per heavy atom. The summed E-state index contributed by atoms with van der Waals surface area (Å²) in [6.07, 6.45) is 5.74. The van der Waals surface area contributed by atoms with Crippen LogP contribution >= 0.6 is 11.6 Å². The lowest BCUT2D eigenvalue weighted by atomic mass is 9.77. The highest BCUT2D eigenvalue weighted by Gasteiger charge is 2.22. The van der Waals surface area contributed by atoms with Gasteiger partial charge in [-0.05, 0) is 79.8 Å². The van der Waals surface area contributed by atoms with Gasteiger partial charge in [0, 0.05) is 23.2 Å². The zero-order valence-electron chi connectivity index (χ0n) is 18.3. The lowest BCUT2D eigenvalue weighted by Gasteiger charge is -2.28. The van der Waals surface area contributed by atoms with Crippen LogP contribution in [0.15, 0.2) is 60.7 Å². The minimum atomic E-state index is -0.185. The smallest absolute Gasteiger partial charge is 0.302 e. The van der Waals surface area contributed by atoms with Gasteiger partial charge in [0.05, 0.1) is 12.3 Å². The lowest BCUT2D eigenvalue weighted by molar-refractivity contribution is -0.141. The molecule has 32 heavy (non-hydrogen) atoms. The molecule has 0 saturated heterocycles. The average molecular weight is 450 g/mol. The van der Waals surface area contributed by atoms with Crippen molar-refractivity contribution in [2.45, 2.75) is 44.9 Å². The van der Waals surface area contributed by atoms with Crippen molar-refractivity contribution in [3.8, 4) is 11.3 Å². The standard InChI is InChI=1S/C26H28ClN3O2/c1-18(31)32-16-15-19-5-7-20(8-6-19)21-9-11-22(12-10-21)25-13-14-26(30-29-25)28-24-4-2-3-23(27)17-24/h2-4,9-14,17,19-20H,5-8,15-16H2,1H3,(H,28,30). The Labute approximate surface area is 194 Å². The molecule has 0 atom stereocenters. The molecule has 1 aromatic heterocycles. The summed E-state index contributed by atoms with van der Waals surface area (Å²) < 4.78 is 5.09. The molecule has 3 aromatic rings. The van der Waals surface area contributed by atoms with Crippen LogP contribution in [0.5, 0.6) is 0 Å². The number of anilines is 2. The molecule has 0 unspecified atom stereocenters. The van der Waals surface area contributed by atoms with Gasteiger partial charge in [-0.1, -0.05) is 41.9 Å². The summed E-state index contributed by atoms with van der Waals surface area (Å²) in [5.74, 6) is 1.76. The van der Waals surface area contributed by atoms with E-state index < -0.39 is 0 Å². The highest BCUT2D eigenvalue weighted by molar-refractivity contribution is 6.30. The van der Waals surface area contributed by atoms with Gasteiger partial charge >= 0.3 is 5.97 Å². The second-order valence-corrected chi connectivity index (χ2v) is 8.84. The number of aromatic nitrogens is 2. The van der Waals surface area contributed by atoms with Crippen LogP contribution in [-0.4, -0.2) is 22.8 Å². The zero-order chi connectivity index (χ0) is 22.3. The first-order chi connectivity index (χ1) is 15.6. The van der Waals surface area contributed by atoms with Crippen LogP contribution in [0.1, 0.15) is 50.5 Å². The summed E-state index contributed by atoms with van der Waals surface area (Å²) in [5, 5.41) is 12.6. The molecular weight excluding hydrogens is 422 g/mol. The number of nitrogens with zero attached hydrogens (tertiary/aromatic N) is 2. The maximum atomic E-state index is 10.9. The maximum absolute atomic E-state index is 10.9. The van der Waals surface area contributed by atoms with E-state index in [9.17, 15) is 4.79 Å². The number of halogens is 1. The summed E-state index contributed by atoms with van der Waals surface area (Å²) in [4.78, 5) is 10.9. The topological polar surface area (TPSA) is 64.1 Å². The molecule has 0 bridgehead atoms. The van der Waals surface area contributed by atoms with Crippen molar-refractivity contribution in [1.82, 2.24) is 10.2 Å². The van der Waals surface area contributed by atoms with Crippen molar-refractivity contribution in [3.63, 3.8) is 0 Å². The van der Waals surface area contributed by atoms with Gasteiger partial charge in [0.15, 0.2) is 5.82 Å². The number of ether oxygens (including phenoxy) is 1. The minimum Gasteiger partial charge on any atom is -0.466 e. The number of esters is 1. The number of hydrogen-bond acceptors (Lipinski definition) is 5. The lowest BCUT2D eigenvalue weighted by Crippen LogP contribution is -2.15. The number of benzene rings is 2. The van der Waals surface area contributed by atoms with Gasteiger partial charge in [0.25, 0.3) is 0 Å². The van der Waals surface area contributed by atoms with Gasteiger partial charge in [-0.25, -0.2) is 0 Å². The summed E-state index contributed by atoms with van der Waals surface area (Å²) in [6, 6.07) is 20.1. The molecule has 0 aliphatic heterocycles. The first kappa shape index (κ1) is 22.3. The van der Waals surface area contributed by atoms with E-state index in [0.29, 0.717) is 29.3 Å². The second-order valence-electron chi connectivity index (χ2n) is 8.41. The van der Waals surface area contributed by atoms with E-state index in [0.717, 1.165) is 23.4 Å². The molecule has 4 rings (SSSR count). The average Bonchev–Trinajstić information content (AvgIpc) is 2.80. The van der Waals surface area contributed by atoms with E-state index in [2.05, 4.69) is 39.8 Å². The molecule has 1 saturated carbocycles. The van der Waals surface area contributed by atoms with Crippen molar-refractivity contribution in [2.24, 2.45) is 5.92 Å². The van der Waals surface area contributed by atoms with E-state index in [1.165, 1.54) is 38.2 Å². The van der Waals surface area contributed by atoms with Crippen LogP contribution in [0.2, 0.25) is 5.02 Å². The molecule has 1 N–H and O–H groups in total. The van der Waals surface area contributed by atoms with Gasteiger partial charge in [-0.15, -0.1) is 10.2 Å². The Morgan fingerprint density at radius 1 is 1.03 bits per heavy atom. The Balaban J connectivity index is 1.31. The van der Waals surface area contributed by atoms with E-state index in [4.69, 9.17) is 16.3 Å². The molecule has 5 nitrogen and oxygen atoms in total. The Bertz CT molecular complexity index is 1030. The second kappa shape index (κ2) is 10.6. The fraction of sp³-hybridized carbons (Fsp3) is 0.346. The van der Waals surface area contributed by atoms with Gasteiger partial charge in [0.1, 0.15) is 0 Å². The molecule has 0 radical (unpaired) electrons. The molecule has 0 amide bonds. The van der Waals surface area contributed by atoms with Gasteiger partial charge in [-0.3, -0.25) is 4.79 Å². The zero-order valence-corrected chi connectivity index (χ0v) is 19.0. The quantitative estimate of drug-likeness (QED) is 0.403. The molecule has 1 heterocycles. The van der Waals surface area contributed by atoms with E-state index in [-0.39, 0.29) is 5.97 Å². The molecule has 6 heteroatoms. The van der Waals surface area contributed by atoms with Crippen LogP contribution < -0.4 is 5.32 Å². The van der Waals surface area contributed by atoms with Crippen molar-refractivity contribution < 1.29 is 9.53 Å². The molecular formula is C26H28ClN3O2. The number of nitrogens with one attached hydrogen (secondary N) is 1. The Morgan fingerprint density at radius 2 is 1.81 bits per heavy atom. The molecule has 1 aliphatic carbocycles. The summed E-state index contributed by atoms with van der Waals surface area (Å²) in [6.45, 7) is 2.02. The number of hydrogen-bond donors (Lipinski definition) is 1. The van der Waals surface area contributed by atoms with E-state index >= 15 is 0 Å². The number of carbonyl (C=O) groups excluding carboxylic acids is 1. The van der Waals surface area contributed by atoms with Crippen LogP contribution in [0.4, 0.5) is 11.5 Å². The predicted octanol–water partition coefficient (Wildman–Crippen LogP) is 6.77. The molecule has 0 spiro atoms. The third-order valence-corrected chi connectivity index (χ3v) is 6.35. The first-order valence-corrected chi connectivity index (χ1v) is 11.5. The van der Waals surface area contributed by atoms with Crippen molar-refractivity contribution in [3.05, 3.63) is 71.2 Å². The Hall–Kier alpha value is -2.92. The first-order valence-electron chi connectivity index (χ1n) is 11.2. The SMILES string of the molecule is CC(=O)OCCC1CCC(c2ccc(-c3ccc(Nc4cccc(Cl)c4)nn3)cc2)CC1.